The number of nitrogens with two attached hydrogens (primary N) is 2. The number of nitriles is 1. The molecule has 5 N–H and O–H groups in total. The van der Waals surface area contributed by atoms with Gasteiger partial charge in [-0.05, 0) is 62.3 Å². The number of carbonyl (C=O) groups excluding carboxylic acids is 3. The van der Waals surface area contributed by atoms with Crippen LogP contribution in [0, 0.1) is 24.2 Å². The van der Waals surface area contributed by atoms with Gasteiger partial charge < -0.3 is 21.8 Å². The van der Waals surface area contributed by atoms with Crippen LogP contribution in [0.4, 0.5) is 5.82 Å². The van der Waals surface area contributed by atoms with E-state index in [1.807, 2.05) is 19.1 Å². The summed E-state index contributed by atoms with van der Waals surface area (Å²) in [6, 6.07) is 11.6. The molecule has 39 heavy (non-hydrogen) atoms. The van der Waals surface area contributed by atoms with Crippen LogP contribution in [0.25, 0.3) is 11.3 Å². The van der Waals surface area contributed by atoms with Crippen molar-refractivity contribution in [3.8, 4) is 17.3 Å². The zero-order chi connectivity index (χ0) is 27.7. The Balaban J connectivity index is 1.42. The van der Waals surface area contributed by atoms with Crippen molar-refractivity contribution in [1.82, 2.24) is 19.5 Å². The summed E-state index contributed by atoms with van der Waals surface area (Å²) in [5.41, 5.74) is 7.92. The molecule has 0 unspecified atom stereocenters. The summed E-state index contributed by atoms with van der Waals surface area (Å²) in [6.07, 6.45) is 6.62. The molecule has 1 atom stereocenters. The van der Waals surface area contributed by atoms with Crippen molar-refractivity contribution in [1.29, 1.82) is 5.26 Å². The van der Waals surface area contributed by atoms with E-state index >= 15 is 0 Å². The summed E-state index contributed by atoms with van der Waals surface area (Å²) in [7, 11) is 0. The topological polar surface area (TPSA) is 173 Å². The Morgan fingerprint density at radius 3 is 2.49 bits per heavy atom. The number of nitrogens with one attached hydrogen (secondary N) is 1. The predicted molar refractivity (Wildman–Crippen MR) is 143 cm³/mol. The third kappa shape index (κ3) is 5.22. The van der Waals surface area contributed by atoms with Crippen LogP contribution in [-0.2, 0) is 4.79 Å². The Morgan fingerprint density at radius 2 is 1.87 bits per heavy atom. The van der Waals surface area contributed by atoms with Crippen molar-refractivity contribution in [2.75, 3.05) is 17.7 Å². The molecule has 0 radical (unpaired) electrons. The molecular weight excluding hydrogens is 496 g/mol. The highest BCUT2D eigenvalue weighted by Gasteiger charge is 2.37. The standard InChI is InChI=1S/C28H28N8O3/c1-16-4-11-22(32-15-16)33-27(38)19-9-7-18(8-10-19)23-24(25(30)37)36(31)26(34-23)21-3-2-12-35(21)28(39)20(14-29)13-17-5-6-17/h4,7-11,13,15,17,21H,2-3,5-6,12,31H2,1H3,(H2,30,37)(H,32,33,38)/b20-13+/t21-/m0/s1. The molecule has 3 heterocycles. The van der Waals surface area contributed by atoms with Crippen LogP contribution in [0.5, 0.6) is 0 Å². The third-order valence-corrected chi connectivity index (χ3v) is 6.93. The lowest BCUT2D eigenvalue weighted by atomic mass is 10.1. The molecule has 2 aliphatic rings. The third-order valence-electron chi connectivity index (χ3n) is 6.93. The average Bonchev–Trinajstić information content (AvgIpc) is 3.50. The monoisotopic (exact) mass is 524 g/mol. The van der Waals surface area contributed by atoms with Gasteiger partial charge in [-0.1, -0.05) is 24.3 Å². The van der Waals surface area contributed by atoms with Crippen LogP contribution in [-0.4, -0.2) is 43.8 Å². The number of likely N-dealkylation sites (tertiary alicyclic amines) is 1. The molecule has 1 saturated heterocycles. The first-order chi connectivity index (χ1) is 18.8. The number of hydrogen-bond acceptors (Lipinski definition) is 7. The molecule has 198 valence electrons. The largest absolute Gasteiger partial charge is 0.364 e. The highest BCUT2D eigenvalue weighted by atomic mass is 16.2. The number of primary amides is 1. The van der Waals surface area contributed by atoms with Crippen molar-refractivity contribution in [3.63, 3.8) is 0 Å². The van der Waals surface area contributed by atoms with E-state index in [9.17, 15) is 19.6 Å². The van der Waals surface area contributed by atoms with Crippen LogP contribution < -0.4 is 16.9 Å². The normalized spacial score (nSPS) is 17.1. The highest BCUT2D eigenvalue weighted by Crippen LogP contribution is 2.36. The number of pyridine rings is 1. The molecule has 0 spiro atoms. The van der Waals surface area contributed by atoms with Gasteiger partial charge >= 0.3 is 0 Å². The number of aromatic nitrogens is 3. The van der Waals surface area contributed by atoms with Gasteiger partial charge in [-0.3, -0.25) is 14.4 Å². The van der Waals surface area contributed by atoms with Gasteiger partial charge in [0.2, 0.25) is 0 Å². The number of imidazole rings is 1. The number of hydrogen-bond donors (Lipinski definition) is 3. The molecule has 1 aliphatic heterocycles. The highest BCUT2D eigenvalue weighted by molar-refractivity contribution is 6.04. The molecule has 2 fully saturated rings. The van der Waals surface area contributed by atoms with Crippen LogP contribution in [0.1, 0.15) is 64.0 Å². The van der Waals surface area contributed by atoms with E-state index in [2.05, 4.69) is 15.3 Å². The molecule has 2 aromatic heterocycles. The number of anilines is 1. The first-order valence-corrected chi connectivity index (χ1v) is 12.7. The molecule has 5 rings (SSSR count). The lowest BCUT2D eigenvalue weighted by molar-refractivity contribution is -0.127. The lowest BCUT2D eigenvalue weighted by Crippen LogP contribution is -2.34. The second-order valence-corrected chi connectivity index (χ2v) is 9.84. The number of nitrogen functional groups attached to an aromatic ring is 1. The maximum atomic E-state index is 13.2. The molecular formula is C28H28N8O3. The van der Waals surface area contributed by atoms with Crippen molar-refractivity contribution >= 4 is 23.5 Å². The minimum absolute atomic E-state index is 0.0145. The number of aryl methyl sites for hydroxylation is 1. The van der Waals surface area contributed by atoms with Crippen LogP contribution in [0.2, 0.25) is 0 Å². The maximum Gasteiger partial charge on any atom is 0.269 e. The zero-order valence-corrected chi connectivity index (χ0v) is 21.4. The summed E-state index contributed by atoms with van der Waals surface area (Å²) in [4.78, 5) is 48.7. The van der Waals surface area contributed by atoms with Gasteiger partial charge in [0.15, 0.2) is 11.5 Å². The Kier molecular flexibility index (Phi) is 6.85. The summed E-state index contributed by atoms with van der Waals surface area (Å²) < 4.78 is 1.13. The van der Waals surface area contributed by atoms with Gasteiger partial charge in [0, 0.05) is 23.9 Å². The molecule has 3 aromatic rings. The number of carbonyl (C=O) groups is 3. The van der Waals surface area contributed by atoms with E-state index in [0.717, 1.165) is 23.1 Å². The molecule has 1 aromatic carbocycles. The fraction of sp³-hybridized carbons (Fsp3) is 0.286. The van der Waals surface area contributed by atoms with Gasteiger partial charge in [0.1, 0.15) is 23.2 Å². The summed E-state index contributed by atoms with van der Waals surface area (Å²) in [5.74, 6) is 5.85. The first-order valence-electron chi connectivity index (χ1n) is 12.7. The predicted octanol–water partition coefficient (Wildman–Crippen LogP) is 2.84. The molecule has 3 amide bonds. The van der Waals surface area contributed by atoms with Crippen LogP contribution in [0.15, 0.2) is 54.2 Å². The van der Waals surface area contributed by atoms with Gasteiger partial charge in [0.25, 0.3) is 17.7 Å². The Labute approximate surface area is 225 Å². The second-order valence-electron chi connectivity index (χ2n) is 9.84. The summed E-state index contributed by atoms with van der Waals surface area (Å²) >= 11 is 0. The Bertz CT molecular complexity index is 1510. The molecule has 11 nitrogen and oxygen atoms in total. The number of rotatable bonds is 7. The van der Waals surface area contributed by atoms with Gasteiger partial charge in [-0.25, -0.2) is 14.6 Å². The Morgan fingerprint density at radius 1 is 1.13 bits per heavy atom. The Hall–Kier alpha value is -4.98. The molecule has 0 bridgehead atoms. The van der Waals surface area contributed by atoms with Crippen LogP contribution >= 0.6 is 0 Å². The van der Waals surface area contributed by atoms with Crippen LogP contribution in [0.3, 0.4) is 0 Å². The van der Waals surface area contributed by atoms with E-state index in [1.54, 1.807) is 47.5 Å². The van der Waals surface area contributed by atoms with E-state index in [-0.39, 0.29) is 34.7 Å². The maximum absolute atomic E-state index is 13.2. The van der Waals surface area contributed by atoms with Crippen molar-refractivity contribution in [2.45, 2.75) is 38.6 Å². The molecule has 11 heteroatoms. The SMILES string of the molecule is Cc1ccc(NC(=O)c2ccc(-c3nc([C@@H]4CCCN4C(=O)/C(C#N)=C/C4CC4)n(N)c3C(N)=O)cc2)nc1. The second kappa shape index (κ2) is 10.4. The number of allylic oxidation sites excluding steroid dienone is 1. The van der Waals surface area contributed by atoms with Gasteiger partial charge in [-0.15, -0.1) is 0 Å². The van der Waals surface area contributed by atoms with E-state index in [1.165, 1.54) is 0 Å². The van der Waals surface area contributed by atoms with Gasteiger partial charge in [-0.2, -0.15) is 5.26 Å². The van der Waals surface area contributed by atoms with Gasteiger partial charge in [0.05, 0.1) is 6.04 Å². The fourth-order valence-corrected chi connectivity index (χ4v) is 4.72. The van der Waals surface area contributed by atoms with E-state index < -0.39 is 11.9 Å². The first kappa shape index (κ1) is 25.7. The molecule has 1 saturated carbocycles. The average molecular weight is 525 g/mol. The van der Waals surface area contributed by atoms with Crippen molar-refractivity contribution in [2.24, 2.45) is 11.7 Å². The number of benzene rings is 1. The lowest BCUT2D eigenvalue weighted by Gasteiger charge is -2.24. The smallest absolute Gasteiger partial charge is 0.269 e. The van der Waals surface area contributed by atoms with E-state index in [0.29, 0.717) is 42.2 Å². The quantitative estimate of drug-likeness (QED) is 0.242. The van der Waals surface area contributed by atoms with Crippen molar-refractivity contribution in [3.05, 3.63) is 76.9 Å². The fourth-order valence-electron chi connectivity index (χ4n) is 4.72. The minimum Gasteiger partial charge on any atom is -0.364 e. The number of amides is 3. The van der Waals surface area contributed by atoms with E-state index in [4.69, 9.17) is 11.6 Å². The summed E-state index contributed by atoms with van der Waals surface area (Å²) in [6.45, 7) is 2.35. The zero-order valence-electron chi connectivity index (χ0n) is 21.4. The number of nitrogens with zero attached hydrogens (tertiary/aromatic N) is 5. The summed E-state index contributed by atoms with van der Waals surface area (Å²) in [5, 5.41) is 12.3. The van der Waals surface area contributed by atoms with Crippen molar-refractivity contribution < 1.29 is 14.4 Å². The molecule has 1 aliphatic carbocycles. The minimum atomic E-state index is -0.777.